The summed E-state index contributed by atoms with van der Waals surface area (Å²) in [5.41, 5.74) is 0. The Morgan fingerprint density at radius 1 is 1.27 bits per heavy atom. The van der Waals surface area contributed by atoms with Gasteiger partial charge in [0.05, 0.1) is 0 Å². The van der Waals surface area contributed by atoms with Gasteiger partial charge < -0.3 is 0 Å². The number of thioether (sulfide) groups is 1. The summed E-state index contributed by atoms with van der Waals surface area (Å²) in [6, 6.07) is 0. The normalized spacial score (nSPS) is 13.7. The fraction of sp³-hybridized carbons (Fsp3) is 0.800. The second-order valence-electron chi connectivity index (χ2n) is 1.66. The van der Waals surface area contributed by atoms with Crippen LogP contribution in [0.1, 0.15) is 47.5 Å². The molecular weight excluding hydrogens is 152 g/mol. The summed E-state index contributed by atoms with van der Waals surface area (Å²) >= 11 is 2.00. The first-order chi connectivity index (χ1) is 5.43. The smallest absolute Gasteiger partial charge is 0.00117 e. The highest BCUT2D eigenvalue weighted by atomic mass is 32.2. The van der Waals surface area contributed by atoms with Crippen molar-refractivity contribution in [1.82, 2.24) is 0 Å². The van der Waals surface area contributed by atoms with Crippen LogP contribution in [-0.4, -0.2) is 5.75 Å². The van der Waals surface area contributed by atoms with Crippen LogP contribution >= 0.6 is 11.8 Å². The summed E-state index contributed by atoms with van der Waals surface area (Å²) < 4.78 is 0. The van der Waals surface area contributed by atoms with E-state index in [4.69, 9.17) is 0 Å². The van der Waals surface area contributed by atoms with E-state index in [0.29, 0.717) is 0 Å². The van der Waals surface area contributed by atoms with Crippen molar-refractivity contribution in [3.8, 4) is 0 Å². The summed E-state index contributed by atoms with van der Waals surface area (Å²) in [6.45, 7) is 10.2. The van der Waals surface area contributed by atoms with E-state index in [1.807, 2.05) is 39.5 Å². The van der Waals surface area contributed by atoms with E-state index in [1.54, 1.807) is 4.91 Å². The van der Waals surface area contributed by atoms with E-state index in [0.717, 1.165) is 0 Å². The third-order valence-electron chi connectivity index (χ3n) is 1.13. The van der Waals surface area contributed by atoms with Crippen molar-refractivity contribution in [1.29, 1.82) is 0 Å². The summed E-state index contributed by atoms with van der Waals surface area (Å²) in [5, 5.41) is 0. The maximum absolute atomic E-state index is 2.34. The molecule has 0 bridgehead atoms. The zero-order chi connectivity index (χ0) is 9.11. The average Bonchev–Trinajstić information content (AvgIpc) is 2.63. The van der Waals surface area contributed by atoms with Gasteiger partial charge in [-0.2, -0.15) is 0 Å². The molecule has 0 spiro atoms. The molecule has 1 aliphatic heterocycles. The van der Waals surface area contributed by atoms with Gasteiger partial charge in [0.2, 0.25) is 0 Å². The molecule has 1 rings (SSSR count). The molecular formula is C10H22S. The maximum atomic E-state index is 2.34. The standard InChI is InChI=1S/C6H10S.2C2H6/c1-2-6-4-3-5-7-6;2*1-2/h4H,2-3,5H2,1H3;2*1-2H3. The van der Waals surface area contributed by atoms with Crippen LogP contribution in [0.4, 0.5) is 0 Å². The maximum Gasteiger partial charge on any atom is 0.00117 e. The van der Waals surface area contributed by atoms with Gasteiger partial charge >= 0.3 is 0 Å². The Bertz CT molecular complexity index is 84.9. The minimum atomic E-state index is 1.24. The molecule has 68 valence electrons. The van der Waals surface area contributed by atoms with Gasteiger partial charge in [-0.1, -0.05) is 40.7 Å². The minimum Gasteiger partial charge on any atom is -0.131 e. The molecule has 0 amide bonds. The lowest BCUT2D eigenvalue weighted by Crippen LogP contribution is -1.62. The molecule has 0 saturated carbocycles. The van der Waals surface area contributed by atoms with E-state index in [9.17, 15) is 0 Å². The van der Waals surface area contributed by atoms with E-state index < -0.39 is 0 Å². The lowest BCUT2D eigenvalue weighted by molar-refractivity contribution is 1.18. The highest BCUT2D eigenvalue weighted by molar-refractivity contribution is 8.03. The van der Waals surface area contributed by atoms with Crippen LogP contribution < -0.4 is 0 Å². The molecule has 0 radical (unpaired) electrons. The molecule has 11 heavy (non-hydrogen) atoms. The van der Waals surface area contributed by atoms with E-state index in [2.05, 4.69) is 13.0 Å². The van der Waals surface area contributed by atoms with Crippen LogP contribution in [0.15, 0.2) is 11.0 Å². The third kappa shape index (κ3) is 7.99. The Morgan fingerprint density at radius 3 is 2.00 bits per heavy atom. The van der Waals surface area contributed by atoms with Gasteiger partial charge in [-0.25, -0.2) is 0 Å². The Balaban J connectivity index is 0. The van der Waals surface area contributed by atoms with Crippen LogP contribution in [0.25, 0.3) is 0 Å². The summed E-state index contributed by atoms with van der Waals surface area (Å²) in [6.07, 6.45) is 4.88. The Labute approximate surface area is 76.5 Å². The van der Waals surface area contributed by atoms with Gasteiger partial charge in [-0.3, -0.25) is 0 Å². The number of allylic oxidation sites excluding steroid dienone is 2. The lowest BCUT2D eigenvalue weighted by Gasteiger charge is -1.88. The lowest BCUT2D eigenvalue weighted by atomic mass is 10.4. The summed E-state index contributed by atoms with van der Waals surface area (Å²) in [7, 11) is 0. The molecule has 0 fully saturated rings. The van der Waals surface area contributed by atoms with E-state index >= 15 is 0 Å². The quantitative estimate of drug-likeness (QED) is 0.565. The fourth-order valence-corrected chi connectivity index (χ4v) is 1.65. The second kappa shape index (κ2) is 12.7. The van der Waals surface area contributed by atoms with Gasteiger partial charge in [0, 0.05) is 5.75 Å². The average molecular weight is 174 g/mol. The van der Waals surface area contributed by atoms with Crippen molar-refractivity contribution < 1.29 is 0 Å². The first kappa shape index (κ1) is 13.7. The molecule has 0 nitrogen and oxygen atoms in total. The zero-order valence-electron chi connectivity index (χ0n) is 8.61. The van der Waals surface area contributed by atoms with Crippen LogP contribution in [0.5, 0.6) is 0 Å². The third-order valence-corrected chi connectivity index (χ3v) is 2.39. The summed E-state index contributed by atoms with van der Waals surface area (Å²) in [4.78, 5) is 1.58. The molecule has 0 N–H and O–H groups in total. The molecule has 0 atom stereocenters. The fourth-order valence-electron chi connectivity index (χ4n) is 0.715. The van der Waals surface area contributed by atoms with Crippen molar-refractivity contribution >= 4 is 11.8 Å². The monoisotopic (exact) mass is 174 g/mol. The number of rotatable bonds is 1. The van der Waals surface area contributed by atoms with Crippen LogP contribution in [0.2, 0.25) is 0 Å². The van der Waals surface area contributed by atoms with Crippen molar-refractivity contribution in [3.05, 3.63) is 11.0 Å². The van der Waals surface area contributed by atoms with Crippen LogP contribution in [0.3, 0.4) is 0 Å². The first-order valence-corrected chi connectivity index (χ1v) is 5.74. The highest BCUT2D eigenvalue weighted by Crippen LogP contribution is 2.26. The first-order valence-electron chi connectivity index (χ1n) is 4.75. The number of hydrogen-bond donors (Lipinski definition) is 0. The predicted octanol–water partition coefficient (Wildman–Crippen LogP) is 4.47. The Kier molecular flexibility index (Phi) is 15.8. The van der Waals surface area contributed by atoms with Crippen LogP contribution in [-0.2, 0) is 0 Å². The van der Waals surface area contributed by atoms with Crippen molar-refractivity contribution in [2.45, 2.75) is 47.5 Å². The molecule has 0 aromatic carbocycles. The molecule has 1 aliphatic rings. The second-order valence-corrected chi connectivity index (χ2v) is 2.88. The van der Waals surface area contributed by atoms with Gasteiger partial charge in [-0.15, -0.1) is 11.8 Å². The molecule has 1 heterocycles. The van der Waals surface area contributed by atoms with E-state index in [1.165, 1.54) is 18.6 Å². The zero-order valence-corrected chi connectivity index (χ0v) is 9.42. The van der Waals surface area contributed by atoms with Gasteiger partial charge in [0.1, 0.15) is 0 Å². The molecule has 0 aromatic heterocycles. The van der Waals surface area contributed by atoms with Gasteiger partial charge in [0.25, 0.3) is 0 Å². The predicted molar refractivity (Wildman–Crippen MR) is 58.1 cm³/mol. The molecule has 0 aliphatic carbocycles. The van der Waals surface area contributed by atoms with Crippen LogP contribution in [0, 0.1) is 0 Å². The largest absolute Gasteiger partial charge is 0.131 e. The Morgan fingerprint density at radius 2 is 1.82 bits per heavy atom. The molecule has 0 unspecified atom stereocenters. The van der Waals surface area contributed by atoms with Crippen molar-refractivity contribution in [2.24, 2.45) is 0 Å². The van der Waals surface area contributed by atoms with E-state index in [-0.39, 0.29) is 0 Å². The van der Waals surface area contributed by atoms with Crippen molar-refractivity contribution in [2.75, 3.05) is 5.75 Å². The van der Waals surface area contributed by atoms with Gasteiger partial charge in [-0.05, 0) is 17.7 Å². The van der Waals surface area contributed by atoms with Crippen molar-refractivity contribution in [3.63, 3.8) is 0 Å². The molecule has 1 heteroatoms. The molecule has 0 aromatic rings. The van der Waals surface area contributed by atoms with Gasteiger partial charge in [0.15, 0.2) is 0 Å². The highest BCUT2D eigenvalue weighted by Gasteiger charge is 1.99. The topological polar surface area (TPSA) is 0 Å². The summed E-state index contributed by atoms with van der Waals surface area (Å²) in [5.74, 6) is 1.32. The SMILES string of the molecule is CC.CC.CCC1=CCCS1. The number of hydrogen-bond acceptors (Lipinski definition) is 1. The minimum absolute atomic E-state index is 1.24. The molecule has 0 saturated heterocycles. The Hall–Kier alpha value is 0.0900.